The quantitative estimate of drug-likeness (QED) is 0.599. The Labute approximate surface area is 158 Å². The molecule has 25 heavy (non-hydrogen) atoms. The van der Waals surface area contributed by atoms with Crippen LogP contribution in [0.2, 0.25) is 0 Å². The number of hydrogen-bond acceptors (Lipinski definition) is 5. The largest absolute Gasteiger partial charge is 0.416 e. The third kappa shape index (κ3) is 5.44. The molecule has 128 valence electrons. The topological polar surface area (TPSA) is 68.0 Å². The second-order valence-electron chi connectivity index (χ2n) is 5.47. The molecule has 1 aromatic heterocycles. The Balaban J connectivity index is 1.50. The maximum atomic E-state index is 12.0. The molecule has 0 aliphatic heterocycles. The number of hydrogen-bond donors (Lipinski definition) is 1. The van der Waals surface area contributed by atoms with Crippen molar-refractivity contribution in [1.29, 1.82) is 0 Å². The van der Waals surface area contributed by atoms with Crippen LogP contribution in [0.1, 0.15) is 17.0 Å². The fourth-order valence-electron chi connectivity index (χ4n) is 2.11. The van der Waals surface area contributed by atoms with E-state index in [-0.39, 0.29) is 11.7 Å². The minimum Gasteiger partial charge on any atom is -0.416 e. The van der Waals surface area contributed by atoms with Crippen LogP contribution in [0.5, 0.6) is 0 Å². The average molecular weight is 418 g/mol. The minimum atomic E-state index is -0.110. The van der Waals surface area contributed by atoms with Gasteiger partial charge in [-0.15, -0.1) is 10.2 Å². The van der Waals surface area contributed by atoms with Gasteiger partial charge < -0.3 is 9.73 Å². The molecule has 0 atom stereocenters. The molecule has 0 saturated heterocycles. The van der Waals surface area contributed by atoms with Gasteiger partial charge in [0.05, 0.1) is 12.2 Å². The number of nitrogens with one attached hydrogen (secondary N) is 1. The summed E-state index contributed by atoms with van der Waals surface area (Å²) in [5.41, 5.74) is 3.01. The lowest BCUT2D eigenvalue weighted by molar-refractivity contribution is -0.113. The summed E-state index contributed by atoms with van der Waals surface area (Å²) in [6.45, 7) is 2.00. The van der Waals surface area contributed by atoms with Crippen molar-refractivity contribution in [3.8, 4) is 0 Å². The minimum absolute atomic E-state index is 0.110. The van der Waals surface area contributed by atoms with Crippen molar-refractivity contribution >= 4 is 39.3 Å². The summed E-state index contributed by atoms with van der Waals surface area (Å²) in [7, 11) is 0. The van der Waals surface area contributed by atoms with Crippen LogP contribution in [0.3, 0.4) is 0 Å². The first-order chi connectivity index (χ1) is 12.1. The van der Waals surface area contributed by atoms with Crippen LogP contribution in [0.25, 0.3) is 0 Å². The molecular formula is C18H16BrN3O2S. The van der Waals surface area contributed by atoms with E-state index < -0.39 is 0 Å². The predicted molar refractivity (Wildman–Crippen MR) is 102 cm³/mol. The van der Waals surface area contributed by atoms with Crippen molar-refractivity contribution < 1.29 is 9.21 Å². The van der Waals surface area contributed by atoms with Gasteiger partial charge in [-0.05, 0) is 36.8 Å². The Morgan fingerprint density at radius 3 is 2.56 bits per heavy atom. The molecule has 0 radical (unpaired) electrons. The van der Waals surface area contributed by atoms with E-state index >= 15 is 0 Å². The fourth-order valence-corrected chi connectivity index (χ4v) is 2.95. The van der Waals surface area contributed by atoms with E-state index in [1.807, 2.05) is 55.5 Å². The normalized spacial score (nSPS) is 10.6. The number of anilines is 1. The number of aryl methyl sites for hydroxylation is 1. The van der Waals surface area contributed by atoms with E-state index in [1.165, 1.54) is 11.8 Å². The van der Waals surface area contributed by atoms with Crippen molar-refractivity contribution in [2.45, 2.75) is 18.6 Å². The summed E-state index contributed by atoms with van der Waals surface area (Å²) in [4.78, 5) is 12.0. The lowest BCUT2D eigenvalue weighted by atomic mass is 10.2. The van der Waals surface area contributed by atoms with Crippen LogP contribution in [0.4, 0.5) is 5.69 Å². The lowest BCUT2D eigenvalue weighted by Gasteiger charge is -2.04. The maximum absolute atomic E-state index is 12.0. The van der Waals surface area contributed by atoms with Crippen molar-refractivity contribution in [3.63, 3.8) is 0 Å². The molecule has 0 spiro atoms. The van der Waals surface area contributed by atoms with Crippen LogP contribution < -0.4 is 5.32 Å². The molecule has 0 aliphatic rings. The molecule has 0 saturated carbocycles. The molecular weight excluding hydrogens is 402 g/mol. The van der Waals surface area contributed by atoms with Crippen molar-refractivity contribution in [2.75, 3.05) is 11.1 Å². The number of amides is 1. The Kier molecular flexibility index (Phi) is 5.88. The first-order valence-electron chi connectivity index (χ1n) is 7.64. The second kappa shape index (κ2) is 8.31. The van der Waals surface area contributed by atoms with Gasteiger partial charge in [0.1, 0.15) is 0 Å². The molecule has 1 N–H and O–H groups in total. The van der Waals surface area contributed by atoms with Gasteiger partial charge in [0.2, 0.25) is 11.8 Å². The molecule has 0 bridgehead atoms. The highest BCUT2D eigenvalue weighted by Crippen LogP contribution is 2.19. The van der Waals surface area contributed by atoms with Crippen LogP contribution in [-0.4, -0.2) is 21.9 Å². The van der Waals surface area contributed by atoms with E-state index in [0.717, 1.165) is 21.3 Å². The number of aromatic nitrogens is 2. The van der Waals surface area contributed by atoms with Crippen molar-refractivity contribution in [2.24, 2.45) is 0 Å². The van der Waals surface area contributed by atoms with Gasteiger partial charge in [-0.3, -0.25) is 4.79 Å². The number of halogens is 1. The van der Waals surface area contributed by atoms with E-state index in [0.29, 0.717) is 17.5 Å². The van der Waals surface area contributed by atoms with Crippen LogP contribution in [0, 0.1) is 6.92 Å². The van der Waals surface area contributed by atoms with Crippen molar-refractivity contribution in [3.05, 3.63) is 70.0 Å². The molecule has 0 unspecified atom stereocenters. The van der Waals surface area contributed by atoms with Crippen LogP contribution in [-0.2, 0) is 11.2 Å². The molecule has 3 aromatic rings. The summed E-state index contributed by atoms with van der Waals surface area (Å²) in [6, 6.07) is 15.6. The molecule has 2 aromatic carbocycles. The molecule has 1 amide bonds. The van der Waals surface area contributed by atoms with Crippen molar-refractivity contribution in [1.82, 2.24) is 10.2 Å². The number of benzene rings is 2. The van der Waals surface area contributed by atoms with E-state index in [2.05, 4.69) is 31.4 Å². The Bertz CT molecular complexity index is 848. The molecule has 1 heterocycles. The third-order valence-electron chi connectivity index (χ3n) is 3.38. The lowest BCUT2D eigenvalue weighted by Crippen LogP contribution is -2.13. The number of carbonyl (C=O) groups excluding carboxylic acids is 1. The highest BCUT2D eigenvalue weighted by molar-refractivity contribution is 9.10. The monoisotopic (exact) mass is 417 g/mol. The van der Waals surface area contributed by atoms with E-state index in [9.17, 15) is 4.79 Å². The van der Waals surface area contributed by atoms with Gasteiger partial charge in [-0.25, -0.2) is 0 Å². The summed E-state index contributed by atoms with van der Waals surface area (Å²) in [5.74, 6) is 0.638. The summed E-state index contributed by atoms with van der Waals surface area (Å²) in [5, 5.41) is 11.2. The molecule has 3 rings (SSSR count). The number of rotatable bonds is 6. The first-order valence-corrected chi connectivity index (χ1v) is 9.42. The Morgan fingerprint density at radius 1 is 1.12 bits per heavy atom. The van der Waals surface area contributed by atoms with Crippen LogP contribution in [0.15, 0.2) is 62.6 Å². The third-order valence-corrected chi connectivity index (χ3v) is 4.73. The first kappa shape index (κ1) is 17.7. The Hall–Kier alpha value is -2.12. The van der Waals surface area contributed by atoms with Gasteiger partial charge in [0.25, 0.3) is 5.22 Å². The van der Waals surface area contributed by atoms with Gasteiger partial charge in [0, 0.05) is 10.2 Å². The maximum Gasteiger partial charge on any atom is 0.277 e. The predicted octanol–water partition coefficient (Wildman–Crippen LogP) is 4.46. The zero-order chi connectivity index (χ0) is 17.6. The second-order valence-corrected chi connectivity index (χ2v) is 7.31. The van der Waals surface area contributed by atoms with Gasteiger partial charge in [-0.1, -0.05) is 57.5 Å². The number of thioether (sulfide) groups is 1. The average Bonchev–Trinajstić information content (AvgIpc) is 3.05. The number of carbonyl (C=O) groups is 1. The zero-order valence-electron chi connectivity index (χ0n) is 13.5. The van der Waals surface area contributed by atoms with Gasteiger partial charge >= 0.3 is 0 Å². The Morgan fingerprint density at radius 2 is 1.84 bits per heavy atom. The van der Waals surface area contributed by atoms with Gasteiger partial charge in [0.15, 0.2) is 0 Å². The van der Waals surface area contributed by atoms with E-state index in [1.54, 1.807) is 0 Å². The molecule has 0 fully saturated rings. The molecule has 5 nitrogen and oxygen atoms in total. The molecule has 7 heteroatoms. The summed E-state index contributed by atoms with van der Waals surface area (Å²) in [6.07, 6.45) is 0.566. The summed E-state index contributed by atoms with van der Waals surface area (Å²) >= 11 is 4.63. The number of nitrogens with zero attached hydrogens (tertiary/aromatic N) is 2. The standard InChI is InChI=1S/C18H16BrN3O2S/c1-12-2-8-15(9-3-12)20-16(23)11-25-18-22-21-17(24-18)10-13-4-6-14(19)7-5-13/h2-9H,10-11H2,1H3,(H,20,23). The highest BCUT2D eigenvalue weighted by atomic mass is 79.9. The van der Waals surface area contributed by atoms with Crippen LogP contribution >= 0.6 is 27.7 Å². The SMILES string of the molecule is Cc1ccc(NC(=O)CSc2nnc(Cc3ccc(Br)cc3)o2)cc1. The molecule has 0 aliphatic carbocycles. The highest BCUT2D eigenvalue weighted by Gasteiger charge is 2.10. The van der Waals surface area contributed by atoms with E-state index in [4.69, 9.17) is 4.42 Å². The summed E-state index contributed by atoms with van der Waals surface area (Å²) < 4.78 is 6.61. The fraction of sp³-hybridized carbons (Fsp3) is 0.167. The zero-order valence-corrected chi connectivity index (χ0v) is 15.9. The van der Waals surface area contributed by atoms with Gasteiger partial charge in [-0.2, -0.15) is 0 Å². The smallest absolute Gasteiger partial charge is 0.277 e.